The summed E-state index contributed by atoms with van der Waals surface area (Å²) in [6, 6.07) is 2.53. The highest BCUT2D eigenvalue weighted by Crippen LogP contribution is 2.40. The van der Waals surface area contributed by atoms with Crippen molar-refractivity contribution in [3.8, 4) is 11.5 Å². The van der Waals surface area contributed by atoms with Gasteiger partial charge in [0.1, 0.15) is 11.8 Å². The molecule has 0 saturated heterocycles. The molecule has 0 amide bonds. The van der Waals surface area contributed by atoms with Crippen LogP contribution in [-0.2, 0) is 21.9 Å². The Morgan fingerprint density at radius 3 is 2.33 bits per heavy atom. The summed E-state index contributed by atoms with van der Waals surface area (Å²) in [5.41, 5.74) is -1.71. The number of rotatable bonds is 5. The summed E-state index contributed by atoms with van der Waals surface area (Å²) in [4.78, 5) is 15.6. The number of halogens is 8. The highest BCUT2D eigenvalue weighted by Gasteiger charge is 2.40. The van der Waals surface area contributed by atoms with Crippen molar-refractivity contribution in [3.05, 3.63) is 52.6 Å². The highest BCUT2D eigenvalue weighted by atomic mass is 35.5. The number of carbonyl (C=O) groups excluding carboxylic acids is 1. The fraction of sp³-hybridized carbons (Fsp3) is 0.300. The molecule has 1 aromatic heterocycles. The summed E-state index contributed by atoms with van der Waals surface area (Å²) < 4.78 is 104. The third kappa shape index (κ3) is 5.00. The number of nitrogens with zero attached hydrogens (tertiary/aromatic N) is 2. The van der Waals surface area contributed by atoms with Crippen LogP contribution in [-0.4, -0.2) is 22.1 Å². The van der Waals surface area contributed by atoms with E-state index in [9.17, 15) is 35.5 Å². The lowest BCUT2D eigenvalue weighted by molar-refractivity contribution is -0.153. The van der Waals surface area contributed by atoms with E-state index >= 15 is 0 Å². The van der Waals surface area contributed by atoms with Crippen LogP contribution in [0.1, 0.15) is 31.3 Å². The molecule has 1 unspecified atom stereocenters. The normalized spacial score (nSPS) is 13.3. The number of imidazole rings is 1. The molecule has 0 bridgehead atoms. The number of alkyl halides is 6. The van der Waals surface area contributed by atoms with Gasteiger partial charge < -0.3 is 14.0 Å². The highest BCUT2D eigenvalue weighted by molar-refractivity contribution is 6.32. The van der Waals surface area contributed by atoms with Crippen LogP contribution in [0.2, 0.25) is 5.02 Å². The molecular weight excluding hydrogens is 485 g/mol. The lowest BCUT2D eigenvalue weighted by atomic mass is 10.2. The minimum absolute atomic E-state index is 0.0470. The van der Waals surface area contributed by atoms with Gasteiger partial charge in [-0.15, -0.1) is 0 Å². The van der Waals surface area contributed by atoms with Crippen LogP contribution in [0.4, 0.5) is 30.7 Å². The van der Waals surface area contributed by atoms with Crippen LogP contribution in [0.15, 0.2) is 30.3 Å². The van der Waals surface area contributed by atoms with Crippen LogP contribution >= 0.6 is 11.6 Å². The molecular formula is C20H14ClF7N2O3. The standard InChI is InChI=1S/C20H14ClF7N2O3/c1-3-32-17(31)9(2)30-15-5-4-11(8-14(15)29-18(30)20(26,27)28)33-16-12(21)6-10(7-13(16)22)19(23,24)25/h4-9H,3H2,1-2H3. The van der Waals surface area contributed by atoms with Gasteiger partial charge in [-0.1, -0.05) is 11.6 Å². The number of hydrogen-bond acceptors (Lipinski definition) is 4. The van der Waals surface area contributed by atoms with Crippen molar-refractivity contribution < 1.29 is 45.0 Å². The molecule has 0 fully saturated rings. The second kappa shape index (κ2) is 8.73. The minimum atomic E-state index is -4.93. The first-order valence-electron chi connectivity index (χ1n) is 9.24. The van der Waals surface area contributed by atoms with E-state index in [1.54, 1.807) is 0 Å². The molecule has 2 aromatic carbocycles. The van der Waals surface area contributed by atoms with Crippen molar-refractivity contribution in [1.82, 2.24) is 9.55 Å². The van der Waals surface area contributed by atoms with Crippen LogP contribution in [0, 0.1) is 5.82 Å². The number of benzene rings is 2. The Bertz CT molecular complexity index is 1180. The topological polar surface area (TPSA) is 53.4 Å². The van der Waals surface area contributed by atoms with Crippen molar-refractivity contribution in [2.45, 2.75) is 32.2 Å². The van der Waals surface area contributed by atoms with Crippen molar-refractivity contribution in [2.75, 3.05) is 6.61 Å². The lowest BCUT2D eigenvalue weighted by Crippen LogP contribution is -2.24. The van der Waals surface area contributed by atoms with Gasteiger partial charge in [-0.25, -0.2) is 14.2 Å². The summed E-state index contributed by atoms with van der Waals surface area (Å²) in [5.74, 6) is -4.72. The Hall–Kier alpha value is -3.02. The largest absolute Gasteiger partial charge is 0.464 e. The van der Waals surface area contributed by atoms with Gasteiger partial charge in [0, 0.05) is 6.07 Å². The first kappa shape index (κ1) is 24.6. The summed E-state index contributed by atoms with van der Waals surface area (Å²) in [5, 5.41) is -0.695. The number of esters is 1. The molecule has 1 heterocycles. The molecule has 0 spiro atoms. The van der Waals surface area contributed by atoms with E-state index in [1.807, 2.05) is 0 Å². The van der Waals surface area contributed by atoms with Gasteiger partial charge >= 0.3 is 18.3 Å². The fourth-order valence-electron chi connectivity index (χ4n) is 3.04. The van der Waals surface area contributed by atoms with Crippen LogP contribution < -0.4 is 4.74 Å². The average Bonchev–Trinajstić information content (AvgIpc) is 3.08. The van der Waals surface area contributed by atoms with E-state index in [-0.39, 0.29) is 29.5 Å². The number of aromatic nitrogens is 2. The number of fused-ring (bicyclic) bond motifs is 1. The maximum absolute atomic E-state index is 14.2. The van der Waals surface area contributed by atoms with Gasteiger partial charge in [0.15, 0.2) is 11.6 Å². The molecule has 5 nitrogen and oxygen atoms in total. The van der Waals surface area contributed by atoms with Gasteiger partial charge in [-0.05, 0) is 38.1 Å². The maximum Gasteiger partial charge on any atom is 0.449 e. The Labute approximate surface area is 186 Å². The molecule has 3 rings (SSSR count). The molecule has 0 aliphatic rings. The van der Waals surface area contributed by atoms with E-state index in [0.29, 0.717) is 10.6 Å². The van der Waals surface area contributed by atoms with Gasteiger partial charge in [-0.3, -0.25) is 0 Å². The molecule has 3 aromatic rings. The molecule has 0 aliphatic carbocycles. The molecule has 0 radical (unpaired) electrons. The first-order chi connectivity index (χ1) is 15.2. The molecule has 1 atom stereocenters. The first-order valence-corrected chi connectivity index (χ1v) is 9.61. The minimum Gasteiger partial charge on any atom is -0.464 e. The van der Waals surface area contributed by atoms with Gasteiger partial charge in [0.2, 0.25) is 5.82 Å². The Morgan fingerprint density at radius 1 is 1.12 bits per heavy atom. The Balaban J connectivity index is 2.06. The Morgan fingerprint density at radius 2 is 1.79 bits per heavy atom. The van der Waals surface area contributed by atoms with E-state index in [2.05, 4.69) is 4.98 Å². The predicted octanol–water partition coefficient (Wildman–Crippen LogP) is 6.78. The van der Waals surface area contributed by atoms with Crippen LogP contribution in [0.3, 0.4) is 0 Å². The number of hydrogen-bond donors (Lipinski definition) is 0. The molecule has 13 heteroatoms. The van der Waals surface area contributed by atoms with Crippen LogP contribution in [0.5, 0.6) is 11.5 Å². The quantitative estimate of drug-likeness (QED) is 0.287. The van der Waals surface area contributed by atoms with Crippen molar-refractivity contribution in [1.29, 1.82) is 0 Å². The second-order valence-corrected chi connectivity index (χ2v) is 7.16. The van der Waals surface area contributed by atoms with E-state index in [1.165, 1.54) is 13.8 Å². The average molecular weight is 499 g/mol. The maximum atomic E-state index is 14.2. The molecule has 0 N–H and O–H groups in total. The van der Waals surface area contributed by atoms with E-state index < -0.39 is 52.3 Å². The van der Waals surface area contributed by atoms with Crippen molar-refractivity contribution in [3.63, 3.8) is 0 Å². The summed E-state index contributed by atoms with van der Waals surface area (Å²) in [7, 11) is 0. The van der Waals surface area contributed by atoms with E-state index in [0.717, 1.165) is 18.2 Å². The lowest BCUT2D eigenvalue weighted by Gasteiger charge is -2.17. The third-order valence-electron chi connectivity index (χ3n) is 4.48. The predicted molar refractivity (Wildman–Crippen MR) is 103 cm³/mol. The molecule has 178 valence electrons. The Kier molecular flexibility index (Phi) is 6.51. The monoisotopic (exact) mass is 498 g/mol. The molecule has 33 heavy (non-hydrogen) atoms. The summed E-state index contributed by atoms with van der Waals surface area (Å²) in [6.07, 6.45) is -9.78. The summed E-state index contributed by atoms with van der Waals surface area (Å²) in [6.45, 7) is 2.65. The van der Waals surface area contributed by atoms with Gasteiger partial charge in [0.05, 0.1) is 28.2 Å². The van der Waals surface area contributed by atoms with Crippen LogP contribution in [0.25, 0.3) is 11.0 Å². The van der Waals surface area contributed by atoms with Crippen molar-refractivity contribution in [2.24, 2.45) is 0 Å². The fourth-order valence-corrected chi connectivity index (χ4v) is 3.29. The smallest absolute Gasteiger partial charge is 0.449 e. The van der Waals surface area contributed by atoms with E-state index in [4.69, 9.17) is 21.1 Å². The van der Waals surface area contributed by atoms with Crippen molar-refractivity contribution >= 4 is 28.6 Å². The third-order valence-corrected chi connectivity index (χ3v) is 4.76. The van der Waals surface area contributed by atoms with Gasteiger partial charge in [-0.2, -0.15) is 26.3 Å². The molecule has 0 saturated carbocycles. The summed E-state index contributed by atoms with van der Waals surface area (Å²) >= 11 is 5.72. The number of carbonyl (C=O) groups is 1. The SMILES string of the molecule is CCOC(=O)C(C)n1c(C(F)(F)F)nc2cc(Oc3c(F)cc(C(F)(F)F)cc3Cl)ccc21. The van der Waals surface area contributed by atoms with Gasteiger partial charge in [0.25, 0.3) is 0 Å². The number of ether oxygens (including phenoxy) is 2. The zero-order chi connectivity index (χ0) is 24.7. The zero-order valence-corrected chi connectivity index (χ0v) is 17.6. The second-order valence-electron chi connectivity index (χ2n) is 6.75. The zero-order valence-electron chi connectivity index (χ0n) is 16.8. The molecule has 0 aliphatic heterocycles.